The van der Waals surface area contributed by atoms with Crippen LogP contribution in [0.2, 0.25) is 0 Å². The van der Waals surface area contributed by atoms with Gasteiger partial charge in [-0.3, -0.25) is 4.79 Å². The van der Waals surface area contributed by atoms with Gasteiger partial charge in [-0.15, -0.1) is 0 Å². The molecule has 0 aliphatic carbocycles. The van der Waals surface area contributed by atoms with E-state index >= 15 is 0 Å². The van der Waals surface area contributed by atoms with E-state index in [0.29, 0.717) is 33.9 Å². The zero-order chi connectivity index (χ0) is 27.3. The van der Waals surface area contributed by atoms with E-state index in [0.717, 1.165) is 0 Å². The minimum absolute atomic E-state index is 0.00286. The van der Waals surface area contributed by atoms with Crippen LogP contribution in [0.4, 0.5) is 0 Å². The molecule has 0 saturated heterocycles. The molecule has 5 nitrogen and oxygen atoms in total. The van der Waals surface area contributed by atoms with Gasteiger partial charge in [0.15, 0.2) is 5.78 Å². The number of methoxy groups -OCH3 is 2. The van der Waals surface area contributed by atoms with E-state index in [2.05, 4.69) is 26.0 Å². The summed E-state index contributed by atoms with van der Waals surface area (Å²) in [6, 6.07) is 12.7. The first-order valence-electron chi connectivity index (χ1n) is 14.4. The van der Waals surface area contributed by atoms with Crippen molar-refractivity contribution >= 4 is 16.8 Å². The fourth-order valence-electron chi connectivity index (χ4n) is 5.14. The van der Waals surface area contributed by atoms with Crippen LogP contribution in [0, 0.1) is 0 Å². The maximum absolute atomic E-state index is 13.3. The third-order valence-corrected chi connectivity index (χ3v) is 7.45. The highest BCUT2D eigenvalue weighted by atomic mass is 16.5. The molecule has 1 heterocycles. The Morgan fingerprint density at radius 3 is 2.00 bits per heavy atom. The van der Waals surface area contributed by atoms with Gasteiger partial charge in [0.25, 0.3) is 0 Å². The summed E-state index contributed by atoms with van der Waals surface area (Å²) in [6.07, 6.45) is 15.2. The number of hydrogen-bond acceptors (Lipinski definition) is 5. The van der Waals surface area contributed by atoms with Crippen LogP contribution in [0.1, 0.15) is 118 Å². The molecule has 1 unspecified atom stereocenters. The van der Waals surface area contributed by atoms with Crippen molar-refractivity contribution in [1.82, 2.24) is 0 Å². The lowest BCUT2D eigenvalue weighted by Gasteiger charge is -2.18. The molecule has 0 spiro atoms. The molecule has 1 atom stereocenters. The summed E-state index contributed by atoms with van der Waals surface area (Å²) in [6.45, 7) is 4.49. The number of unbranched alkanes of at least 4 members (excludes halogenated alkanes) is 8. The highest BCUT2D eigenvalue weighted by Gasteiger charge is 2.19. The van der Waals surface area contributed by atoms with Crippen molar-refractivity contribution in [2.45, 2.75) is 96.8 Å². The molecular formula is C33H44O5. The molecule has 2 aromatic carbocycles. The van der Waals surface area contributed by atoms with E-state index in [1.54, 1.807) is 18.2 Å². The molecule has 206 valence electrons. The van der Waals surface area contributed by atoms with Gasteiger partial charge in [0, 0.05) is 17.7 Å². The Labute approximate surface area is 227 Å². The number of benzene rings is 2. The van der Waals surface area contributed by atoms with E-state index in [9.17, 15) is 9.59 Å². The number of rotatable bonds is 17. The first-order chi connectivity index (χ1) is 18.5. The first-order valence-corrected chi connectivity index (χ1v) is 14.4. The number of fused-ring (bicyclic) bond motifs is 1. The van der Waals surface area contributed by atoms with Crippen LogP contribution < -0.4 is 15.1 Å². The highest BCUT2D eigenvalue weighted by molar-refractivity contribution is 6.10. The quantitative estimate of drug-likeness (QED) is 0.101. The van der Waals surface area contributed by atoms with E-state index in [-0.39, 0.29) is 11.3 Å². The first kappa shape index (κ1) is 29.5. The Morgan fingerprint density at radius 1 is 0.789 bits per heavy atom. The second kappa shape index (κ2) is 15.4. The fraction of sp³-hybridized carbons (Fsp3) is 0.515. The van der Waals surface area contributed by atoms with Gasteiger partial charge in [-0.25, -0.2) is 4.79 Å². The molecule has 0 radical (unpaired) electrons. The zero-order valence-electron chi connectivity index (χ0n) is 23.6. The Balaban J connectivity index is 1.77. The second-order valence-electron chi connectivity index (χ2n) is 10.2. The molecule has 0 saturated carbocycles. The van der Waals surface area contributed by atoms with Crippen LogP contribution in [0.25, 0.3) is 11.0 Å². The predicted octanol–water partition coefficient (Wildman–Crippen LogP) is 8.85. The predicted molar refractivity (Wildman–Crippen MR) is 155 cm³/mol. The zero-order valence-corrected chi connectivity index (χ0v) is 23.6. The van der Waals surface area contributed by atoms with Gasteiger partial charge in [-0.05, 0) is 30.4 Å². The molecule has 5 heteroatoms. The van der Waals surface area contributed by atoms with Gasteiger partial charge in [-0.2, -0.15) is 0 Å². The summed E-state index contributed by atoms with van der Waals surface area (Å²) in [5.41, 5.74) is 1.41. The van der Waals surface area contributed by atoms with Crippen LogP contribution in [-0.4, -0.2) is 20.0 Å². The molecule has 0 N–H and O–H groups in total. The Kier molecular flexibility index (Phi) is 11.9. The Morgan fingerprint density at radius 2 is 1.39 bits per heavy atom. The normalized spacial score (nSPS) is 12.0. The van der Waals surface area contributed by atoms with E-state index < -0.39 is 5.63 Å². The van der Waals surface area contributed by atoms with Crippen molar-refractivity contribution in [3.8, 4) is 11.5 Å². The number of ketones is 1. The van der Waals surface area contributed by atoms with Crippen LogP contribution >= 0.6 is 0 Å². The average Bonchev–Trinajstić information content (AvgIpc) is 2.94. The molecule has 38 heavy (non-hydrogen) atoms. The smallest absolute Gasteiger partial charge is 0.347 e. The van der Waals surface area contributed by atoms with Gasteiger partial charge in [0.1, 0.15) is 22.6 Å². The largest absolute Gasteiger partial charge is 0.496 e. The van der Waals surface area contributed by atoms with Gasteiger partial charge in [0.05, 0.1) is 19.6 Å². The van der Waals surface area contributed by atoms with Gasteiger partial charge >= 0.3 is 5.63 Å². The van der Waals surface area contributed by atoms with Crippen LogP contribution in [0.15, 0.2) is 51.7 Å². The SMILES string of the molecule is CCCCCCCCC(CCCCCC)c1ccc(C(=O)c2cc3c(OC)cc(OC)cc3oc2=O)cc1. The number of ether oxygens (including phenoxy) is 2. The van der Waals surface area contributed by atoms with Crippen LogP contribution in [0.3, 0.4) is 0 Å². The fourth-order valence-corrected chi connectivity index (χ4v) is 5.14. The van der Waals surface area contributed by atoms with Gasteiger partial charge in [0.2, 0.25) is 0 Å². The molecule has 0 aliphatic heterocycles. The van der Waals surface area contributed by atoms with Crippen molar-refractivity contribution in [3.63, 3.8) is 0 Å². The van der Waals surface area contributed by atoms with Gasteiger partial charge < -0.3 is 13.9 Å². The third-order valence-electron chi connectivity index (χ3n) is 7.45. The molecule has 0 aliphatic rings. The summed E-state index contributed by atoms with van der Waals surface area (Å²) >= 11 is 0. The summed E-state index contributed by atoms with van der Waals surface area (Å²) in [5.74, 6) is 1.15. The molecular weight excluding hydrogens is 476 g/mol. The topological polar surface area (TPSA) is 65.7 Å². The number of carbonyl (C=O) groups is 1. The number of carbonyl (C=O) groups excluding carboxylic acids is 1. The molecule has 1 aromatic heterocycles. The van der Waals surface area contributed by atoms with Crippen molar-refractivity contribution in [2.24, 2.45) is 0 Å². The molecule has 0 amide bonds. The van der Waals surface area contributed by atoms with E-state index in [1.165, 1.54) is 96.8 Å². The summed E-state index contributed by atoms with van der Waals surface area (Å²) in [5, 5.41) is 0.555. The minimum atomic E-state index is -0.668. The van der Waals surface area contributed by atoms with E-state index in [4.69, 9.17) is 13.9 Å². The van der Waals surface area contributed by atoms with Crippen molar-refractivity contribution in [3.05, 3.63) is 69.6 Å². The third kappa shape index (κ3) is 7.96. The average molecular weight is 521 g/mol. The minimum Gasteiger partial charge on any atom is -0.496 e. The lowest BCUT2D eigenvalue weighted by molar-refractivity contribution is 0.103. The lowest BCUT2D eigenvalue weighted by Crippen LogP contribution is -2.15. The Hall–Kier alpha value is -3.08. The summed E-state index contributed by atoms with van der Waals surface area (Å²) in [4.78, 5) is 26.1. The van der Waals surface area contributed by atoms with E-state index in [1.807, 2.05) is 12.1 Å². The molecule has 0 fully saturated rings. The summed E-state index contributed by atoms with van der Waals surface area (Å²) < 4.78 is 16.2. The highest BCUT2D eigenvalue weighted by Crippen LogP contribution is 2.32. The van der Waals surface area contributed by atoms with Crippen LogP contribution in [-0.2, 0) is 0 Å². The molecule has 0 bridgehead atoms. The number of hydrogen-bond donors (Lipinski definition) is 0. The maximum Gasteiger partial charge on any atom is 0.347 e. The van der Waals surface area contributed by atoms with Gasteiger partial charge in [-0.1, -0.05) is 102 Å². The maximum atomic E-state index is 13.3. The lowest BCUT2D eigenvalue weighted by atomic mass is 9.87. The van der Waals surface area contributed by atoms with Crippen molar-refractivity contribution in [2.75, 3.05) is 14.2 Å². The van der Waals surface area contributed by atoms with Crippen LogP contribution in [0.5, 0.6) is 11.5 Å². The second-order valence-corrected chi connectivity index (χ2v) is 10.2. The Bertz CT molecular complexity index is 1210. The molecule has 3 aromatic rings. The van der Waals surface area contributed by atoms with Crippen molar-refractivity contribution < 1.29 is 18.7 Å². The monoisotopic (exact) mass is 520 g/mol. The van der Waals surface area contributed by atoms with Crippen molar-refractivity contribution in [1.29, 1.82) is 0 Å². The standard InChI is InChI=1S/C33H44O5/c1-5-7-9-11-12-14-16-24(15-13-10-8-6-2)25-17-19-26(20-18-25)32(34)29-23-28-30(37-4)21-27(36-3)22-31(28)38-33(29)35/h17-24H,5-16H2,1-4H3. The molecule has 3 rings (SSSR count). The summed E-state index contributed by atoms with van der Waals surface area (Å²) in [7, 11) is 3.06.